The summed E-state index contributed by atoms with van der Waals surface area (Å²) in [6.45, 7) is 5.63. The van der Waals surface area contributed by atoms with Gasteiger partial charge < -0.3 is 15.4 Å². The van der Waals surface area contributed by atoms with E-state index in [9.17, 15) is 8.42 Å². The van der Waals surface area contributed by atoms with Crippen molar-refractivity contribution in [3.8, 4) is 5.75 Å². The van der Waals surface area contributed by atoms with Crippen LogP contribution in [0.4, 0.5) is 0 Å². The third kappa shape index (κ3) is 6.97. The van der Waals surface area contributed by atoms with Gasteiger partial charge in [0.15, 0.2) is 5.96 Å². The number of rotatable bonds is 9. The molecule has 1 heterocycles. The highest BCUT2D eigenvalue weighted by atomic mass is 32.2. The Morgan fingerprint density at radius 3 is 2.65 bits per heavy atom. The zero-order valence-electron chi connectivity index (χ0n) is 18.4. The third-order valence-electron chi connectivity index (χ3n) is 5.01. The number of fused-ring (bicyclic) bond motifs is 1. The molecular weight excluding hydrogens is 412 g/mol. The molecule has 3 rings (SSSR count). The van der Waals surface area contributed by atoms with Gasteiger partial charge in [0.25, 0.3) is 0 Å². The lowest BCUT2D eigenvalue weighted by atomic mass is 10.1. The minimum Gasteiger partial charge on any atom is -0.493 e. The number of hydrogen-bond acceptors (Lipinski definition) is 4. The van der Waals surface area contributed by atoms with Gasteiger partial charge >= 0.3 is 0 Å². The molecule has 0 spiro atoms. The first-order valence-corrected chi connectivity index (χ1v) is 12.3. The number of nitrogens with zero attached hydrogens (tertiary/aromatic N) is 1. The highest BCUT2D eigenvalue weighted by Gasteiger charge is 2.15. The SMILES string of the molecule is CN=C(NCCc1ccc2c(c1)CCO2)NCc1ccccc1CS(=O)(=O)NC(C)C. The Hall–Kier alpha value is -2.58. The topological polar surface area (TPSA) is 91.8 Å². The van der Waals surface area contributed by atoms with E-state index < -0.39 is 10.0 Å². The van der Waals surface area contributed by atoms with Gasteiger partial charge in [-0.15, -0.1) is 0 Å². The molecule has 2 aromatic rings. The fraction of sp³-hybridized carbons (Fsp3) is 0.435. The fourth-order valence-corrected chi connectivity index (χ4v) is 5.09. The lowest BCUT2D eigenvalue weighted by Crippen LogP contribution is -2.38. The van der Waals surface area contributed by atoms with Crippen LogP contribution >= 0.6 is 0 Å². The van der Waals surface area contributed by atoms with Crippen LogP contribution in [0.25, 0.3) is 0 Å². The number of aliphatic imine (C=N–C) groups is 1. The Morgan fingerprint density at radius 2 is 1.90 bits per heavy atom. The van der Waals surface area contributed by atoms with Crippen LogP contribution in [-0.2, 0) is 35.2 Å². The van der Waals surface area contributed by atoms with E-state index in [1.165, 1.54) is 11.1 Å². The van der Waals surface area contributed by atoms with E-state index in [0.717, 1.165) is 42.9 Å². The van der Waals surface area contributed by atoms with Gasteiger partial charge in [-0.25, -0.2) is 13.1 Å². The first-order valence-electron chi connectivity index (χ1n) is 10.6. The lowest BCUT2D eigenvalue weighted by Gasteiger charge is -2.15. The summed E-state index contributed by atoms with van der Waals surface area (Å²) in [5, 5.41) is 6.61. The van der Waals surface area contributed by atoms with Crippen LogP contribution < -0.4 is 20.1 Å². The molecule has 0 aliphatic carbocycles. The largest absolute Gasteiger partial charge is 0.493 e. The van der Waals surface area contributed by atoms with Crippen molar-refractivity contribution in [3.63, 3.8) is 0 Å². The van der Waals surface area contributed by atoms with Crippen molar-refractivity contribution in [3.05, 3.63) is 64.7 Å². The van der Waals surface area contributed by atoms with E-state index >= 15 is 0 Å². The summed E-state index contributed by atoms with van der Waals surface area (Å²) in [5.41, 5.74) is 4.25. The number of ether oxygens (including phenoxy) is 1. The van der Waals surface area contributed by atoms with Crippen molar-refractivity contribution < 1.29 is 13.2 Å². The molecule has 0 amide bonds. The zero-order valence-corrected chi connectivity index (χ0v) is 19.3. The molecule has 0 fully saturated rings. The van der Waals surface area contributed by atoms with Crippen molar-refractivity contribution in [1.82, 2.24) is 15.4 Å². The molecule has 31 heavy (non-hydrogen) atoms. The minimum absolute atomic E-state index is 0.0445. The smallest absolute Gasteiger partial charge is 0.216 e. The molecule has 0 atom stereocenters. The molecule has 0 saturated carbocycles. The van der Waals surface area contributed by atoms with Crippen LogP contribution in [0.5, 0.6) is 5.75 Å². The van der Waals surface area contributed by atoms with Gasteiger partial charge in [-0.05, 0) is 48.6 Å². The minimum atomic E-state index is -3.38. The molecule has 1 aliphatic heterocycles. The summed E-state index contributed by atoms with van der Waals surface area (Å²) < 4.78 is 32.9. The molecular formula is C23H32N4O3S. The number of nitrogens with one attached hydrogen (secondary N) is 3. The Morgan fingerprint density at radius 1 is 1.13 bits per heavy atom. The van der Waals surface area contributed by atoms with Gasteiger partial charge in [0, 0.05) is 32.6 Å². The highest BCUT2D eigenvalue weighted by Crippen LogP contribution is 2.25. The van der Waals surface area contributed by atoms with Crippen molar-refractivity contribution >= 4 is 16.0 Å². The number of guanidine groups is 1. The predicted molar refractivity (Wildman–Crippen MR) is 125 cm³/mol. The van der Waals surface area contributed by atoms with E-state index in [0.29, 0.717) is 12.5 Å². The summed E-state index contributed by atoms with van der Waals surface area (Å²) in [6, 6.07) is 13.8. The number of hydrogen-bond donors (Lipinski definition) is 3. The van der Waals surface area contributed by atoms with Gasteiger partial charge in [-0.2, -0.15) is 0 Å². The van der Waals surface area contributed by atoms with Gasteiger partial charge in [-0.3, -0.25) is 4.99 Å². The Bertz CT molecular complexity index is 1020. The van der Waals surface area contributed by atoms with Crippen molar-refractivity contribution in [2.24, 2.45) is 4.99 Å². The summed E-state index contributed by atoms with van der Waals surface area (Å²) in [7, 11) is -1.66. The van der Waals surface area contributed by atoms with Crippen LogP contribution in [0.1, 0.15) is 36.1 Å². The van der Waals surface area contributed by atoms with E-state index in [1.54, 1.807) is 7.05 Å². The maximum absolute atomic E-state index is 12.3. The maximum atomic E-state index is 12.3. The van der Waals surface area contributed by atoms with Crippen LogP contribution in [0.2, 0.25) is 0 Å². The third-order valence-corrected chi connectivity index (χ3v) is 6.53. The Labute approximate surface area is 185 Å². The summed E-state index contributed by atoms with van der Waals surface area (Å²) in [5.74, 6) is 1.64. The molecule has 7 nitrogen and oxygen atoms in total. The van der Waals surface area contributed by atoms with E-state index in [4.69, 9.17) is 4.74 Å². The van der Waals surface area contributed by atoms with Gasteiger partial charge in [0.2, 0.25) is 10.0 Å². The molecule has 0 bridgehead atoms. The second-order valence-electron chi connectivity index (χ2n) is 7.94. The van der Waals surface area contributed by atoms with E-state index in [2.05, 4.69) is 32.5 Å². The highest BCUT2D eigenvalue weighted by molar-refractivity contribution is 7.88. The molecule has 0 unspecified atom stereocenters. The second kappa shape index (κ2) is 10.6. The standard InChI is InChI=1S/C23H32N4O3S/c1-17(2)27-31(28,29)16-21-7-5-4-6-20(21)15-26-23(24-3)25-12-10-18-8-9-22-19(14-18)11-13-30-22/h4-9,14,17,27H,10-13,15-16H2,1-3H3,(H2,24,25,26). The van der Waals surface area contributed by atoms with Crippen molar-refractivity contribution in [2.45, 2.75) is 45.0 Å². The normalized spacial score (nSPS) is 13.7. The summed E-state index contributed by atoms with van der Waals surface area (Å²) in [4.78, 5) is 4.28. The fourth-order valence-electron chi connectivity index (χ4n) is 3.60. The Balaban J connectivity index is 1.52. The Kier molecular flexibility index (Phi) is 7.92. The van der Waals surface area contributed by atoms with Gasteiger partial charge in [0.1, 0.15) is 5.75 Å². The van der Waals surface area contributed by atoms with Crippen molar-refractivity contribution in [1.29, 1.82) is 0 Å². The van der Waals surface area contributed by atoms with Crippen LogP contribution in [0.3, 0.4) is 0 Å². The average molecular weight is 445 g/mol. The van der Waals surface area contributed by atoms with Crippen LogP contribution in [0.15, 0.2) is 47.5 Å². The average Bonchev–Trinajstić information content (AvgIpc) is 3.18. The van der Waals surface area contributed by atoms with Crippen LogP contribution in [0, 0.1) is 0 Å². The molecule has 168 valence electrons. The predicted octanol–water partition coefficient (Wildman–Crippen LogP) is 2.36. The molecule has 2 aromatic carbocycles. The second-order valence-corrected chi connectivity index (χ2v) is 9.70. The summed E-state index contributed by atoms with van der Waals surface area (Å²) >= 11 is 0. The first-order chi connectivity index (χ1) is 14.9. The molecule has 8 heteroatoms. The van der Waals surface area contributed by atoms with Gasteiger partial charge in [0.05, 0.1) is 12.4 Å². The van der Waals surface area contributed by atoms with Crippen LogP contribution in [-0.4, -0.2) is 40.6 Å². The van der Waals surface area contributed by atoms with Crippen molar-refractivity contribution in [2.75, 3.05) is 20.2 Å². The lowest BCUT2D eigenvalue weighted by molar-refractivity contribution is 0.357. The first kappa shape index (κ1) is 23.1. The maximum Gasteiger partial charge on any atom is 0.216 e. The summed E-state index contributed by atoms with van der Waals surface area (Å²) in [6.07, 6.45) is 1.85. The molecule has 1 aliphatic rings. The number of benzene rings is 2. The quantitative estimate of drug-likeness (QED) is 0.408. The van der Waals surface area contributed by atoms with E-state index in [1.807, 2.05) is 44.2 Å². The number of sulfonamides is 1. The zero-order chi connectivity index (χ0) is 22.3. The van der Waals surface area contributed by atoms with E-state index in [-0.39, 0.29) is 11.8 Å². The molecule has 0 saturated heterocycles. The molecule has 0 aromatic heterocycles. The monoisotopic (exact) mass is 444 g/mol. The molecule has 0 radical (unpaired) electrons. The van der Waals surface area contributed by atoms with Gasteiger partial charge in [-0.1, -0.05) is 36.4 Å². The molecule has 3 N–H and O–H groups in total.